The van der Waals surface area contributed by atoms with E-state index in [1.165, 1.54) is 12.7 Å². The average molecular weight is 292 g/mol. The molecule has 1 amide bonds. The molecule has 0 unspecified atom stereocenters. The summed E-state index contributed by atoms with van der Waals surface area (Å²) in [6.07, 6.45) is 2.00. The first-order valence-electron chi connectivity index (χ1n) is 7.19. The van der Waals surface area contributed by atoms with Crippen LogP contribution in [0.25, 0.3) is 0 Å². The Labute approximate surface area is 126 Å². The summed E-state index contributed by atoms with van der Waals surface area (Å²) in [7, 11) is 3.24. The van der Waals surface area contributed by atoms with Gasteiger partial charge in [-0.3, -0.25) is 14.5 Å². The second-order valence-electron chi connectivity index (χ2n) is 5.02. The lowest BCUT2D eigenvalue weighted by atomic mass is 10.1. The van der Waals surface area contributed by atoms with E-state index in [0.29, 0.717) is 25.9 Å². The largest absolute Gasteiger partial charge is 0.469 e. The first-order chi connectivity index (χ1) is 10.0. The van der Waals surface area contributed by atoms with Crippen molar-refractivity contribution in [3.05, 3.63) is 29.8 Å². The standard InChI is InChI=1S/C16H24N2O3/c1-4-13-7-5-8-14(11-13)17-15(19)12-18(2)10-6-9-16(20)21-3/h5,7-8,11H,4,6,9-10,12H2,1-3H3,(H,17,19). The highest BCUT2D eigenvalue weighted by Gasteiger charge is 2.08. The molecule has 1 rings (SSSR count). The molecule has 0 spiro atoms. The molecule has 0 saturated heterocycles. The Kier molecular flexibility index (Phi) is 7.46. The van der Waals surface area contributed by atoms with Crippen molar-refractivity contribution in [3.8, 4) is 0 Å². The van der Waals surface area contributed by atoms with E-state index in [1.807, 2.05) is 36.2 Å². The maximum atomic E-state index is 11.9. The topological polar surface area (TPSA) is 58.6 Å². The van der Waals surface area contributed by atoms with Crippen molar-refractivity contribution in [1.29, 1.82) is 0 Å². The summed E-state index contributed by atoms with van der Waals surface area (Å²) in [6.45, 7) is 3.06. The van der Waals surface area contributed by atoms with Gasteiger partial charge in [-0.2, -0.15) is 0 Å². The van der Waals surface area contributed by atoms with Gasteiger partial charge in [0.15, 0.2) is 0 Å². The summed E-state index contributed by atoms with van der Waals surface area (Å²) in [4.78, 5) is 24.8. The molecule has 1 aromatic carbocycles. The minimum atomic E-state index is -0.218. The number of nitrogens with one attached hydrogen (secondary N) is 1. The van der Waals surface area contributed by atoms with Crippen LogP contribution in [0.15, 0.2) is 24.3 Å². The van der Waals surface area contributed by atoms with Crippen molar-refractivity contribution in [3.63, 3.8) is 0 Å². The molecule has 0 radical (unpaired) electrons. The molecule has 1 N–H and O–H groups in total. The molecule has 5 heteroatoms. The Bertz CT molecular complexity index is 474. The second kappa shape index (κ2) is 9.13. The maximum absolute atomic E-state index is 11.9. The first kappa shape index (κ1) is 17.2. The highest BCUT2D eigenvalue weighted by atomic mass is 16.5. The SMILES string of the molecule is CCc1cccc(NC(=O)CN(C)CCCC(=O)OC)c1. The predicted octanol–water partition coefficient (Wildman–Crippen LogP) is 2.07. The lowest BCUT2D eigenvalue weighted by Crippen LogP contribution is -2.31. The van der Waals surface area contributed by atoms with Crippen LogP contribution >= 0.6 is 0 Å². The summed E-state index contributed by atoms with van der Waals surface area (Å²) in [5.41, 5.74) is 2.02. The van der Waals surface area contributed by atoms with Gasteiger partial charge in [-0.25, -0.2) is 0 Å². The van der Waals surface area contributed by atoms with Crippen LogP contribution in [-0.4, -0.2) is 44.0 Å². The summed E-state index contributed by atoms with van der Waals surface area (Å²) in [6, 6.07) is 7.84. The molecular formula is C16H24N2O3. The number of carbonyl (C=O) groups is 2. The van der Waals surface area contributed by atoms with Crippen LogP contribution in [0.4, 0.5) is 5.69 Å². The van der Waals surface area contributed by atoms with E-state index in [-0.39, 0.29) is 11.9 Å². The highest BCUT2D eigenvalue weighted by Crippen LogP contribution is 2.11. The molecule has 5 nitrogen and oxygen atoms in total. The van der Waals surface area contributed by atoms with E-state index in [2.05, 4.69) is 17.0 Å². The number of benzene rings is 1. The van der Waals surface area contributed by atoms with Crippen LogP contribution in [-0.2, 0) is 20.7 Å². The first-order valence-corrected chi connectivity index (χ1v) is 7.19. The van der Waals surface area contributed by atoms with Crippen molar-refractivity contribution in [1.82, 2.24) is 4.90 Å². The maximum Gasteiger partial charge on any atom is 0.305 e. The number of methoxy groups -OCH3 is 1. The average Bonchev–Trinajstić information content (AvgIpc) is 2.46. The summed E-state index contributed by atoms with van der Waals surface area (Å²) >= 11 is 0. The molecule has 0 bridgehead atoms. The quantitative estimate of drug-likeness (QED) is 0.745. The third-order valence-corrected chi connectivity index (χ3v) is 3.18. The van der Waals surface area contributed by atoms with Gasteiger partial charge in [0.05, 0.1) is 13.7 Å². The van der Waals surface area contributed by atoms with Crippen molar-refractivity contribution >= 4 is 17.6 Å². The fourth-order valence-corrected chi connectivity index (χ4v) is 1.99. The van der Waals surface area contributed by atoms with Gasteiger partial charge in [0, 0.05) is 12.1 Å². The zero-order chi connectivity index (χ0) is 15.7. The number of amides is 1. The van der Waals surface area contributed by atoms with Gasteiger partial charge in [0.25, 0.3) is 0 Å². The van der Waals surface area contributed by atoms with Gasteiger partial charge in [-0.05, 0) is 44.1 Å². The molecule has 0 aliphatic rings. The highest BCUT2D eigenvalue weighted by molar-refractivity contribution is 5.92. The molecule has 0 saturated carbocycles. The Morgan fingerprint density at radius 1 is 1.33 bits per heavy atom. The Hall–Kier alpha value is -1.88. The Morgan fingerprint density at radius 2 is 2.10 bits per heavy atom. The Morgan fingerprint density at radius 3 is 2.76 bits per heavy atom. The molecule has 0 aliphatic heterocycles. The number of likely N-dealkylation sites (N-methyl/N-ethyl adjacent to an activating group) is 1. The Balaban J connectivity index is 2.33. The van der Waals surface area contributed by atoms with E-state index < -0.39 is 0 Å². The van der Waals surface area contributed by atoms with E-state index in [1.54, 1.807) is 0 Å². The van der Waals surface area contributed by atoms with Crippen LogP contribution in [0.2, 0.25) is 0 Å². The fraction of sp³-hybridized carbons (Fsp3) is 0.500. The number of ether oxygens (including phenoxy) is 1. The lowest BCUT2D eigenvalue weighted by Gasteiger charge is -2.16. The zero-order valence-electron chi connectivity index (χ0n) is 13.0. The summed E-state index contributed by atoms with van der Waals surface area (Å²) in [5, 5.41) is 2.89. The number of carbonyl (C=O) groups excluding carboxylic acids is 2. The molecule has 21 heavy (non-hydrogen) atoms. The third-order valence-electron chi connectivity index (χ3n) is 3.18. The van der Waals surface area contributed by atoms with Gasteiger partial charge in [0.1, 0.15) is 0 Å². The molecule has 116 valence electrons. The molecule has 0 heterocycles. The van der Waals surface area contributed by atoms with Crippen molar-refractivity contribution in [2.24, 2.45) is 0 Å². The number of anilines is 1. The van der Waals surface area contributed by atoms with Gasteiger partial charge < -0.3 is 10.1 Å². The molecule has 0 aliphatic carbocycles. The lowest BCUT2D eigenvalue weighted by molar-refractivity contribution is -0.140. The van der Waals surface area contributed by atoms with E-state index in [0.717, 1.165) is 12.1 Å². The fourth-order valence-electron chi connectivity index (χ4n) is 1.99. The molecular weight excluding hydrogens is 268 g/mol. The zero-order valence-corrected chi connectivity index (χ0v) is 13.0. The number of aryl methyl sites for hydroxylation is 1. The predicted molar refractivity (Wildman–Crippen MR) is 83.2 cm³/mol. The van der Waals surface area contributed by atoms with Crippen LogP contribution in [0, 0.1) is 0 Å². The number of rotatable bonds is 8. The minimum Gasteiger partial charge on any atom is -0.469 e. The molecule has 0 aromatic heterocycles. The number of esters is 1. The van der Waals surface area contributed by atoms with E-state index in [9.17, 15) is 9.59 Å². The smallest absolute Gasteiger partial charge is 0.305 e. The van der Waals surface area contributed by atoms with Crippen LogP contribution in [0.5, 0.6) is 0 Å². The number of nitrogens with zero attached hydrogens (tertiary/aromatic N) is 1. The third kappa shape index (κ3) is 6.90. The minimum absolute atomic E-state index is 0.0520. The van der Waals surface area contributed by atoms with Gasteiger partial charge in [-0.1, -0.05) is 19.1 Å². The van der Waals surface area contributed by atoms with Gasteiger partial charge in [0.2, 0.25) is 5.91 Å². The molecule has 0 fully saturated rings. The van der Waals surface area contributed by atoms with E-state index in [4.69, 9.17) is 0 Å². The molecule has 0 atom stereocenters. The monoisotopic (exact) mass is 292 g/mol. The summed E-state index contributed by atoms with van der Waals surface area (Å²) < 4.78 is 4.58. The van der Waals surface area contributed by atoms with Crippen molar-refractivity contribution < 1.29 is 14.3 Å². The second-order valence-corrected chi connectivity index (χ2v) is 5.02. The van der Waals surface area contributed by atoms with E-state index >= 15 is 0 Å². The summed E-state index contributed by atoms with van der Waals surface area (Å²) in [5.74, 6) is -0.270. The normalized spacial score (nSPS) is 10.5. The molecule has 1 aromatic rings. The van der Waals surface area contributed by atoms with Crippen LogP contribution < -0.4 is 5.32 Å². The van der Waals surface area contributed by atoms with Crippen LogP contribution in [0.3, 0.4) is 0 Å². The van der Waals surface area contributed by atoms with Crippen molar-refractivity contribution in [2.45, 2.75) is 26.2 Å². The van der Waals surface area contributed by atoms with Gasteiger partial charge in [-0.15, -0.1) is 0 Å². The van der Waals surface area contributed by atoms with Crippen LogP contribution in [0.1, 0.15) is 25.3 Å². The van der Waals surface area contributed by atoms with Gasteiger partial charge >= 0.3 is 5.97 Å². The van der Waals surface area contributed by atoms with Crippen molar-refractivity contribution in [2.75, 3.05) is 32.6 Å². The number of hydrogen-bond acceptors (Lipinski definition) is 4. The number of hydrogen-bond donors (Lipinski definition) is 1.